The molecule has 0 atom stereocenters. The predicted molar refractivity (Wildman–Crippen MR) is 81.6 cm³/mol. The summed E-state index contributed by atoms with van der Waals surface area (Å²) in [5, 5.41) is 14.1. The molecule has 7 heteroatoms. The average Bonchev–Trinajstić information content (AvgIpc) is 2.40. The highest BCUT2D eigenvalue weighted by Gasteiger charge is 2.09. The molecule has 0 aliphatic heterocycles. The number of carbonyl (C=O) groups is 2. The van der Waals surface area contributed by atoms with Gasteiger partial charge in [0.05, 0.1) is 22.0 Å². The van der Waals surface area contributed by atoms with Crippen molar-refractivity contribution in [3.8, 4) is 12.3 Å². The van der Waals surface area contributed by atoms with Gasteiger partial charge in [0.15, 0.2) is 0 Å². The van der Waals surface area contributed by atoms with Gasteiger partial charge in [0.1, 0.15) is 0 Å². The molecule has 0 fully saturated rings. The van der Waals surface area contributed by atoms with Gasteiger partial charge in [-0.05, 0) is 18.2 Å². The molecule has 0 unspecified atom stereocenters. The Morgan fingerprint density at radius 1 is 1.45 bits per heavy atom. The van der Waals surface area contributed by atoms with Gasteiger partial charge in [0.2, 0.25) is 0 Å². The van der Waals surface area contributed by atoms with Crippen molar-refractivity contribution in [2.45, 2.75) is 0 Å². The molecule has 0 radical (unpaired) electrons. The van der Waals surface area contributed by atoms with Crippen molar-refractivity contribution in [2.24, 2.45) is 0 Å². The molecule has 20 heavy (non-hydrogen) atoms. The molecule has 2 amide bonds. The number of hydrogen-bond acceptors (Lipinski definition) is 3. The standard InChI is InChI=1S/C13H13ClN2O3S/c1-2-6-20-7-5-15-13(19)16-11-4-3-9(12(17)18)8-10(11)14/h1,3-4,8H,5-7H2,(H,17,18)(H2,15,16,19). The molecule has 0 aliphatic rings. The van der Waals surface area contributed by atoms with Crippen molar-refractivity contribution in [1.82, 2.24) is 5.32 Å². The van der Waals surface area contributed by atoms with Gasteiger partial charge in [-0.1, -0.05) is 17.5 Å². The van der Waals surface area contributed by atoms with E-state index in [1.165, 1.54) is 30.0 Å². The van der Waals surface area contributed by atoms with E-state index < -0.39 is 12.0 Å². The van der Waals surface area contributed by atoms with Gasteiger partial charge in [0.25, 0.3) is 0 Å². The number of carbonyl (C=O) groups excluding carboxylic acids is 1. The van der Waals surface area contributed by atoms with Gasteiger partial charge in [0, 0.05) is 12.3 Å². The first-order chi connectivity index (χ1) is 9.54. The van der Waals surface area contributed by atoms with Gasteiger partial charge in [-0.2, -0.15) is 0 Å². The lowest BCUT2D eigenvalue weighted by molar-refractivity contribution is 0.0697. The second kappa shape index (κ2) is 8.35. The number of benzene rings is 1. The first kappa shape index (κ1) is 16.2. The van der Waals surface area contributed by atoms with Crippen LogP contribution in [-0.2, 0) is 0 Å². The molecule has 0 heterocycles. The molecule has 0 bridgehead atoms. The lowest BCUT2D eigenvalue weighted by Gasteiger charge is -2.09. The van der Waals surface area contributed by atoms with Crippen LogP contribution < -0.4 is 10.6 Å². The van der Waals surface area contributed by atoms with Crippen LogP contribution in [0.15, 0.2) is 18.2 Å². The number of amides is 2. The number of carboxylic acid groups (broad SMARTS) is 1. The van der Waals surface area contributed by atoms with Crippen molar-refractivity contribution < 1.29 is 14.7 Å². The zero-order valence-electron chi connectivity index (χ0n) is 10.5. The summed E-state index contributed by atoms with van der Waals surface area (Å²) in [6, 6.07) is 3.68. The SMILES string of the molecule is C#CCSCCNC(=O)Nc1ccc(C(=O)O)cc1Cl. The Kier molecular flexibility index (Phi) is 6.77. The predicted octanol–water partition coefficient (Wildman–Crippen LogP) is 2.53. The maximum atomic E-state index is 11.6. The number of nitrogens with one attached hydrogen (secondary N) is 2. The molecule has 5 nitrogen and oxygen atoms in total. The van der Waals surface area contributed by atoms with Gasteiger partial charge in [-0.25, -0.2) is 9.59 Å². The van der Waals surface area contributed by atoms with E-state index in [1.54, 1.807) is 0 Å². The van der Waals surface area contributed by atoms with Crippen molar-refractivity contribution in [3.05, 3.63) is 28.8 Å². The highest BCUT2D eigenvalue weighted by Crippen LogP contribution is 2.22. The Morgan fingerprint density at radius 2 is 2.20 bits per heavy atom. The number of rotatable bonds is 6. The highest BCUT2D eigenvalue weighted by molar-refractivity contribution is 7.99. The summed E-state index contributed by atoms with van der Waals surface area (Å²) >= 11 is 7.43. The normalized spacial score (nSPS) is 9.60. The maximum Gasteiger partial charge on any atom is 0.335 e. The molecule has 3 N–H and O–H groups in total. The summed E-state index contributed by atoms with van der Waals surface area (Å²) in [5.41, 5.74) is 0.414. The Bertz CT molecular complexity index is 543. The van der Waals surface area contributed by atoms with Crippen LogP contribution in [0.1, 0.15) is 10.4 Å². The molecule has 1 aromatic carbocycles. The Morgan fingerprint density at radius 3 is 2.80 bits per heavy atom. The summed E-state index contributed by atoms with van der Waals surface area (Å²) < 4.78 is 0. The van der Waals surface area contributed by atoms with Crippen LogP contribution in [0, 0.1) is 12.3 Å². The number of thioether (sulfide) groups is 1. The molecule has 1 rings (SSSR count). The van der Waals surface area contributed by atoms with Crippen molar-refractivity contribution >= 4 is 41.1 Å². The van der Waals surface area contributed by atoms with Crippen molar-refractivity contribution in [1.29, 1.82) is 0 Å². The molecular weight excluding hydrogens is 300 g/mol. The van der Waals surface area contributed by atoms with E-state index in [2.05, 4.69) is 16.6 Å². The molecule has 1 aromatic rings. The van der Waals surface area contributed by atoms with Crippen LogP contribution in [0.25, 0.3) is 0 Å². The monoisotopic (exact) mass is 312 g/mol. The van der Waals surface area contributed by atoms with E-state index in [0.717, 1.165) is 0 Å². The second-order valence-electron chi connectivity index (χ2n) is 3.64. The van der Waals surface area contributed by atoms with Gasteiger partial charge in [-0.3, -0.25) is 0 Å². The summed E-state index contributed by atoms with van der Waals surface area (Å²) in [5.74, 6) is 2.73. The summed E-state index contributed by atoms with van der Waals surface area (Å²) in [6.45, 7) is 0.475. The van der Waals surface area contributed by atoms with E-state index >= 15 is 0 Å². The van der Waals surface area contributed by atoms with Crippen LogP contribution in [0.3, 0.4) is 0 Å². The lowest BCUT2D eigenvalue weighted by Crippen LogP contribution is -2.30. The van der Waals surface area contributed by atoms with E-state index in [0.29, 0.717) is 23.7 Å². The molecule has 0 aromatic heterocycles. The molecule has 106 valence electrons. The number of anilines is 1. The van der Waals surface area contributed by atoms with Crippen LogP contribution in [-0.4, -0.2) is 35.2 Å². The van der Waals surface area contributed by atoms with Crippen LogP contribution in [0.5, 0.6) is 0 Å². The number of hydrogen-bond donors (Lipinski definition) is 3. The summed E-state index contributed by atoms with van der Waals surface area (Å²) in [6.07, 6.45) is 5.10. The van der Waals surface area contributed by atoms with Gasteiger partial charge < -0.3 is 15.7 Å². The fraction of sp³-hybridized carbons (Fsp3) is 0.231. The summed E-state index contributed by atoms with van der Waals surface area (Å²) in [7, 11) is 0. The third-order valence-electron chi connectivity index (χ3n) is 2.18. The molecule has 0 spiro atoms. The number of urea groups is 1. The summed E-state index contributed by atoms with van der Waals surface area (Å²) in [4.78, 5) is 22.3. The van der Waals surface area contributed by atoms with E-state index in [1.807, 2.05) is 0 Å². The highest BCUT2D eigenvalue weighted by atomic mass is 35.5. The number of terminal acetylenes is 1. The second-order valence-corrected chi connectivity index (χ2v) is 5.15. The Balaban J connectivity index is 2.46. The van der Waals surface area contributed by atoms with Gasteiger partial charge >= 0.3 is 12.0 Å². The van der Waals surface area contributed by atoms with Crippen LogP contribution in [0.4, 0.5) is 10.5 Å². The van der Waals surface area contributed by atoms with Crippen LogP contribution in [0.2, 0.25) is 5.02 Å². The quantitative estimate of drug-likeness (QED) is 0.557. The number of carboxylic acids is 1. The lowest BCUT2D eigenvalue weighted by atomic mass is 10.2. The van der Waals surface area contributed by atoms with E-state index in [-0.39, 0.29) is 10.6 Å². The molecule has 0 aliphatic carbocycles. The maximum absolute atomic E-state index is 11.6. The van der Waals surface area contributed by atoms with Crippen LogP contribution >= 0.6 is 23.4 Å². The molecule has 0 saturated heterocycles. The average molecular weight is 313 g/mol. The number of aromatic carboxylic acids is 1. The Hall–Kier alpha value is -1.84. The fourth-order valence-electron chi connectivity index (χ4n) is 1.28. The first-order valence-corrected chi connectivity index (χ1v) is 7.16. The number of halogens is 1. The minimum absolute atomic E-state index is 0.0617. The smallest absolute Gasteiger partial charge is 0.335 e. The van der Waals surface area contributed by atoms with E-state index in [9.17, 15) is 9.59 Å². The van der Waals surface area contributed by atoms with E-state index in [4.69, 9.17) is 23.1 Å². The minimum Gasteiger partial charge on any atom is -0.478 e. The Labute approximate surface area is 126 Å². The largest absolute Gasteiger partial charge is 0.478 e. The minimum atomic E-state index is -1.08. The topological polar surface area (TPSA) is 78.4 Å². The third kappa shape index (κ3) is 5.43. The van der Waals surface area contributed by atoms with Gasteiger partial charge in [-0.15, -0.1) is 18.2 Å². The van der Waals surface area contributed by atoms with Crippen molar-refractivity contribution in [2.75, 3.05) is 23.4 Å². The first-order valence-electron chi connectivity index (χ1n) is 5.63. The zero-order valence-corrected chi connectivity index (χ0v) is 12.1. The fourth-order valence-corrected chi connectivity index (χ4v) is 2.02. The molecule has 0 saturated carbocycles. The zero-order chi connectivity index (χ0) is 15.0. The molecular formula is C13H13ClN2O3S. The van der Waals surface area contributed by atoms with Crippen molar-refractivity contribution in [3.63, 3.8) is 0 Å². The third-order valence-corrected chi connectivity index (χ3v) is 3.36.